The van der Waals surface area contributed by atoms with Gasteiger partial charge in [-0.2, -0.15) is 13.2 Å². The van der Waals surface area contributed by atoms with E-state index < -0.39 is 34.0 Å². The number of nitrogens with zero attached hydrogens (tertiary/aromatic N) is 1. The highest BCUT2D eigenvalue weighted by Crippen LogP contribution is 2.40. The van der Waals surface area contributed by atoms with Crippen LogP contribution in [0.3, 0.4) is 0 Å². The highest BCUT2D eigenvalue weighted by molar-refractivity contribution is 5.71. The number of carbonyl (C=O) groups excluding carboxylic acids is 1. The van der Waals surface area contributed by atoms with Gasteiger partial charge in [-0.25, -0.2) is 4.79 Å². The molecule has 0 bridgehead atoms. The van der Waals surface area contributed by atoms with E-state index in [2.05, 4.69) is 5.32 Å². The van der Waals surface area contributed by atoms with Crippen molar-refractivity contribution in [3.63, 3.8) is 0 Å². The van der Waals surface area contributed by atoms with E-state index in [1.165, 1.54) is 12.1 Å². The molecule has 150 valence electrons. The smallest absolute Gasteiger partial charge is 0.420 e. The molecule has 0 aliphatic carbocycles. The zero-order chi connectivity index (χ0) is 21.1. The maximum atomic E-state index is 13.4. The van der Waals surface area contributed by atoms with E-state index in [1.807, 2.05) is 0 Å². The first kappa shape index (κ1) is 21.0. The van der Waals surface area contributed by atoms with E-state index in [0.29, 0.717) is 6.07 Å². The lowest BCUT2D eigenvalue weighted by Gasteiger charge is -2.20. The topological polar surface area (TPSA) is 90.7 Å². The zero-order valence-electron chi connectivity index (χ0n) is 15.2. The van der Waals surface area contributed by atoms with Crippen molar-refractivity contribution in [2.24, 2.45) is 0 Å². The Balaban J connectivity index is 2.27. The van der Waals surface area contributed by atoms with E-state index in [4.69, 9.17) is 9.47 Å². The largest absolute Gasteiger partial charge is 0.457 e. The normalized spacial score (nSPS) is 11.6. The molecule has 0 fully saturated rings. The predicted molar refractivity (Wildman–Crippen MR) is 93.5 cm³/mol. The van der Waals surface area contributed by atoms with Crippen LogP contribution in [0.5, 0.6) is 17.2 Å². The molecular formula is C18H17F3N2O5. The van der Waals surface area contributed by atoms with Crippen molar-refractivity contribution < 1.29 is 32.4 Å². The van der Waals surface area contributed by atoms with Gasteiger partial charge in [-0.05, 0) is 51.1 Å². The molecule has 0 unspecified atom stereocenters. The van der Waals surface area contributed by atoms with Crippen LogP contribution in [0.1, 0.15) is 26.3 Å². The van der Waals surface area contributed by atoms with Crippen LogP contribution in [0.25, 0.3) is 0 Å². The first-order valence-electron chi connectivity index (χ1n) is 7.99. The molecule has 2 aromatic rings. The highest BCUT2D eigenvalue weighted by atomic mass is 19.4. The Kier molecular flexibility index (Phi) is 5.81. The Bertz CT molecular complexity index is 874. The number of rotatable bonds is 4. The number of amides is 1. The number of benzene rings is 2. The number of nitro groups is 1. The van der Waals surface area contributed by atoms with Gasteiger partial charge in [-0.15, -0.1) is 0 Å². The van der Waals surface area contributed by atoms with E-state index in [1.54, 1.807) is 20.8 Å². The van der Waals surface area contributed by atoms with Gasteiger partial charge in [0.15, 0.2) is 0 Å². The Morgan fingerprint density at radius 3 is 2.11 bits per heavy atom. The number of ether oxygens (including phenoxy) is 2. The second kappa shape index (κ2) is 7.75. The summed E-state index contributed by atoms with van der Waals surface area (Å²) in [4.78, 5) is 21.7. The van der Waals surface area contributed by atoms with Crippen molar-refractivity contribution in [2.45, 2.75) is 32.5 Å². The molecule has 0 aromatic heterocycles. The van der Waals surface area contributed by atoms with Gasteiger partial charge in [0, 0.05) is 17.7 Å². The van der Waals surface area contributed by atoms with Crippen molar-refractivity contribution in [1.29, 1.82) is 0 Å². The quantitative estimate of drug-likeness (QED) is 0.558. The molecule has 1 amide bonds. The summed E-state index contributed by atoms with van der Waals surface area (Å²) in [6, 6.07) is 7.37. The first-order valence-corrected chi connectivity index (χ1v) is 7.99. The monoisotopic (exact) mass is 398 g/mol. The fraction of sp³-hybridized carbons (Fsp3) is 0.278. The molecule has 10 heteroatoms. The number of nitro benzene ring substituents is 1. The molecule has 1 N–H and O–H groups in total. The van der Waals surface area contributed by atoms with Crippen molar-refractivity contribution in [2.75, 3.05) is 0 Å². The van der Waals surface area contributed by atoms with Gasteiger partial charge < -0.3 is 14.8 Å². The summed E-state index contributed by atoms with van der Waals surface area (Å²) in [5.41, 5.74) is -2.01. The summed E-state index contributed by atoms with van der Waals surface area (Å²) in [7, 11) is 0. The molecule has 2 rings (SSSR count). The lowest BCUT2D eigenvalue weighted by Crippen LogP contribution is -2.42. The third-order valence-electron chi connectivity index (χ3n) is 3.22. The zero-order valence-corrected chi connectivity index (χ0v) is 15.2. The number of carbonyl (C=O) groups is 1. The Hall–Kier alpha value is -3.30. The Morgan fingerprint density at radius 2 is 1.61 bits per heavy atom. The average molecular weight is 398 g/mol. The van der Waals surface area contributed by atoms with E-state index >= 15 is 0 Å². The van der Waals surface area contributed by atoms with Crippen LogP contribution in [-0.2, 0) is 6.18 Å². The number of hydrogen-bond acceptors (Lipinski definition) is 5. The third kappa shape index (κ3) is 5.86. The number of hydrogen-bond donors (Lipinski definition) is 1. The maximum absolute atomic E-state index is 13.4. The molecule has 0 aliphatic rings. The van der Waals surface area contributed by atoms with Crippen LogP contribution in [0.2, 0.25) is 0 Å². The third-order valence-corrected chi connectivity index (χ3v) is 3.22. The summed E-state index contributed by atoms with van der Waals surface area (Å²) >= 11 is 0. The molecule has 28 heavy (non-hydrogen) atoms. The molecule has 7 nitrogen and oxygen atoms in total. The highest BCUT2D eigenvalue weighted by Gasteiger charge is 2.35. The first-order chi connectivity index (χ1) is 12.8. The molecule has 0 saturated carbocycles. The second-order valence-electron chi connectivity index (χ2n) is 6.77. The minimum absolute atomic E-state index is 0.0183. The SMILES string of the molecule is CC(C)(C)NC(=O)Oc1ccc(Oc2ccc([N+](=O)[O-])cc2)c(C(F)(F)F)c1. The second-order valence-corrected chi connectivity index (χ2v) is 6.77. The summed E-state index contributed by atoms with van der Waals surface area (Å²) in [5.74, 6) is -0.870. The summed E-state index contributed by atoms with van der Waals surface area (Å²) < 4.78 is 50.3. The molecule has 0 saturated heterocycles. The van der Waals surface area contributed by atoms with E-state index in [0.717, 1.165) is 24.3 Å². The predicted octanol–water partition coefficient (Wildman–Crippen LogP) is 5.29. The Labute approximate surface area is 158 Å². The molecule has 0 spiro atoms. The van der Waals surface area contributed by atoms with E-state index in [-0.39, 0.29) is 17.2 Å². The molecule has 0 atom stereocenters. The van der Waals surface area contributed by atoms with Crippen LogP contribution in [0, 0.1) is 10.1 Å². The van der Waals surface area contributed by atoms with Gasteiger partial charge in [0.2, 0.25) is 0 Å². The van der Waals surface area contributed by atoms with Crippen molar-refractivity contribution in [3.05, 3.63) is 58.1 Å². The minimum Gasteiger partial charge on any atom is -0.457 e. The van der Waals surface area contributed by atoms with Gasteiger partial charge in [0.05, 0.1) is 4.92 Å². The Morgan fingerprint density at radius 1 is 1.04 bits per heavy atom. The lowest BCUT2D eigenvalue weighted by molar-refractivity contribution is -0.384. The van der Waals surface area contributed by atoms with Crippen molar-refractivity contribution >= 4 is 11.8 Å². The van der Waals surface area contributed by atoms with Gasteiger partial charge in [-0.1, -0.05) is 0 Å². The molecular weight excluding hydrogens is 381 g/mol. The van der Waals surface area contributed by atoms with Gasteiger partial charge in [-0.3, -0.25) is 10.1 Å². The van der Waals surface area contributed by atoms with Gasteiger partial charge in [0.25, 0.3) is 5.69 Å². The number of halogens is 3. The number of alkyl halides is 3. The van der Waals surface area contributed by atoms with Crippen molar-refractivity contribution in [3.8, 4) is 17.2 Å². The number of non-ortho nitro benzene ring substituents is 1. The van der Waals surface area contributed by atoms with E-state index in [9.17, 15) is 28.1 Å². The molecule has 0 radical (unpaired) electrons. The summed E-state index contributed by atoms with van der Waals surface area (Å²) in [5, 5.41) is 13.1. The van der Waals surface area contributed by atoms with Gasteiger partial charge in [0.1, 0.15) is 22.8 Å². The fourth-order valence-electron chi connectivity index (χ4n) is 2.08. The van der Waals surface area contributed by atoms with Gasteiger partial charge >= 0.3 is 12.3 Å². The van der Waals surface area contributed by atoms with Crippen LogP contribution in [-0.4, -0.2) is 16.6 Å². The van der Waals surface area contributed by atoms with Crippen LogP contribution >= 0.6 is 0 Å². The maximum Gasteiger partial charge on any atom is 0.420 e. The minimum atomic E-state index is -4.78. The molecule has 0 heterocycles. The van der Waals surface area contributed by atoms with Crippen LogP contribution in [0.4, 0.5) is 23.7 Å². The van der Waals surface area contributed by atoms with Crippen molar-refractivity contribution in [1.82, 2.24) is 5.32 Å². The van der Waals surface area contributed by atoms with Crippen LogP contribution < -0.4 is 14.8 Å². The number of nitrogens with one attached hydrogen (secondary N) is 1. The summed E-state index contributed by atoms with van der Waals surface area (Å²) in [6.45, 7) is 5.07. The fourth-order valence-corrected chi connectivity index (χ4v) is 2.08. The molecule has 2 aromatic carbocycles. The summed E-state index contributed by atoms with van der Waals surface area (Å²) in [6.07, 6.45) is -5.68. The lowest BCUT2D eigenvalue weighted by atomic mass is 10.1. The molecule has 0 aliphatic heterocycles. The van der Waals surface area contributed by atoms with Crippen LogP contribution in [0.15, 0.2) is 42.5 Å². The standard InChI is InChI=1S/C18H17F3N2O5/c1-17(2,3)22-16(24)28-13-8-9-15(14(10-13)18(19,20)21)27-12-6-4-11(5-7-12)23(25)26/h4-10H,1-3H3,(H,22,24). The average Bonchev–Trinajstić information content (AvgIpc) is 2.54.